The van der Waals surface area contributed by atoms with Crippen LogP contribution in [0.4, 0.5) is 5.69 Å². The Morgan fingerprint density at radius 2 is 2.16 bits per heavy atom. The molecule has 0 aliphatic carbocycles. The van der Waals surface area contributed by atoms with Gasteiger partial charge in [0.25, 0.3) is 0 Å². The van der Waals surface area contributed by atoms with Crippen molar-refractivity contribution in [1.29, 1.82) is 0 Å². The highest BCUT2D eigenvalue weighted by Crippen LogP contribution is 2.37. The molecule has 2 heterocycles. The Bertz CT molecular complexity index is 440. The summed E-state index contributed by atoms with van der Waals surface area (Å²) in [6.07, 6.45) is 4.92. The van der Waals surface area contributed by atoms with Crippen molar-refractivity contribution < 1.29 is 4.74 Å². The minimum Gasteiger partial charge on any atom is -0.493 e. The third-order valence-corrected chi connectivity index (χ3v) is 5.31. The Morgan fingerprint density at radius 3 is 3.00 bits per heavy atom. The molecule has 0 amide bonds. The lowest BCUT2D eigenvalue weighted by atomic mass is 9.85. The highest BCUT2D eigenvalue weighted by Gasteiger charge is 2.28. The summed E-state index contributed by atoms with van der Waals surface area (Å²) in [6, 6.07) is 6.40. The minimum atomic E-state index is 0.371. The van der Waals surface area contributed by atoms with E-state index in [0.717, 1.165) is 25.3 Å². The van der Waals surface area contributed by atoms with E-state index in [0.29, 0.717) is 5.41 Å². The van der Waals surface area contributed by atoms with Crippen molar-refractivity contribution in [3.8, 4) is 5.75 Å². The van der Waals surface area contributed by atoms with E-state index in [-0.39, 0.29) is 0 Å². The first-order valence-electron chi connectivity index (χ1n) is 7.33. The Kier molecular flexibility index (Phi) is 3.92. The van der Waals surface area contributed by atoms with Crippen LogP contribution in [0, 0.1) is 5.41 Å². The van der Waals surface area contributed by atoms with Crippen LogP contribution < -0.4 is 10.1 Å². The summed E-state index contributed by atoms with van der Waals surface area (Å²) < 4.78 is 6.20. The van der Waals surface area contributed by atoms with Crippen LogP contribution in [0.25, 0.3) is 0 Å². The molecular formula is C16H23NOS. The molecule has 1 saturated heterocycles. The maximum absolute atomic E-state index is 6.20. The zero-order valence-electron chi connectivity index (χ0n) is 11.7. The van der Waals surface area contributed by atoms with Crippen LogP contribution in [0.2, 0.25) is 0 Å². The van der Waals surface area contributed by atoms with E-state index in [1.54, 1.807) is 0 Å². The highest BCUT2D eigenvalue weighted by molar-refractivity contribution is 7.99. The van der Waals surface area contributed by atoms with Gasteiger partial charge in [-0.3, -0.25) is 0 Å². The van der Waals surface area contributed by atoms with E-state index in [9.17, 15) is 0 Å². The van der Waals surface area contributed by atoms with Crippen LogP contribution in [-0.4, -0.2) is 24.7 Å². The predicted molar refractivity (Wildman–Crippen MR) is 83.4 cm³/mol. The van der Waals surface area contributed by atoms with Crippen LogP contribution in [0.3, 0.4) is 0 Å². The van der Waals surface area contributed by atoms with Crippen molar-refractivity contribution in [2.45, 2.75) is 32.6 Å². The normalized spacial score (nSPS) is 21.3. The number of nitrogens with one attached hydrogen (secondary N) is 1. The van der Waals surface area contributed by atoms with Gasteiger partial charge < -0.3 is 10.1 Å². The number of hydrogen-bond donors (Lipinski definition) is 1. The van der Waals surface area contributed by atoms with Crippen molar-refractivity contribution in [2.75, 3.05) is 30.0 Å². The van der Waals surface area contributed by atoms with Crippen molar-refractivity contribution in [1.82, 2.24) is 0 Å². The van der Waals surface area contributed by atoms with Crippen molar-refractivity contribution in [2.24, 2.45) is 5.41 Å². The number of hydrogen-bond acceptors (Lipinski definition) is 3. The summed E-state index contributed by atoms with van der Waals surface area (Å²) >= 11 is 2.08. The summed E-state index contributed by atoms with van der Waals surface area (Å²) in [7, 11) is 0. The number of fused-ring (bicyclic) bond motifs is 1. The summed E-state index contributed by atoms with van der Waals surface area (Å²) in [5, 5.41) is 3.47. The van der Waals surface area contributed by atoms with Crippen LogP contribution in [-0.2, 0) is 6.42 Å². The molecule has 0 aromatic heterocycles. The Morgan fingerprint density at radius 1 is 1.32 bits per heavy atom. The molecule has 0 bridgehead atoms. The van der Waals surface area contributed by atoms with Crippen LogP contribution in [0.1, 0.15) is 31.7 Å². The summed E-state index contributed by atoms with van der Waals surface area (Å²) in [5.74, 6) is 3.67. The van der Waals surface area contributed by atoms with Gasteiger partial charge in [-0.2, -0.15) is 11.8 Å². The van der Waals surface area contributed by atoms with E-state index in [4.69, 9.17) is 4.74 Å². The Labute approximate surface area is 120 Å². The zero-order chi connectivity index (χ0) is 13.1. The second kappa shape index (κ2) is 5.66. The largest absolute Gasteiger partial charge is 0.493 e. The molecule has 0 spiro atoms. The highest BCUT2D eigenvalue weighted by atomic mass is 32.2. The minimum absolute atomic E-state index is 0.371. The topological polar surface area (TPSA) is 21.3 Å². The lowest BCUT2D eigenvalue weighted by Crippen LogP contribution is -2.30. The zero-order valence-corrected chi connectivity index (χ0v) is 12.5. The number of anilines is 1. The van der Waals surface area contributed by atoms with E-state index in [1.165, 1.54) is 42.0 Å². The molecule has 0 atom stereocenters. The first-order valence-corrected chi connectivity index (χ1v) is 8.49. The van der Waals surface area contributed by atoms with Crippen LogP contribution >= 0.6 is 11.8 Å². The fraction of sp³-hybridized carbons (Fsp3) is 0.625. The molecule has 0 unspecified atom stereocenters. The molecule has 1 aromatic rings. The van der Waals surface area contributed by atoms with Gasteiger partial charge in [0.15, 0.2) is 0 Å². The number of ether oxygens (including phenoxy) is 1. The molecule has 104 valence electrons. The molecule has 0 radical (unpaired) electrons. The predicted octanol–water partition coefficient (Wildman–Crippen LogP) is 3.96. The molecule has 1 fully saturated rings. The van der Waals surface area contributed by atoms with Gasteiger partial charge in [-0.1, -0.05) is 13.0 Å². The standard InChI is InChI=1S/C16H23NOS/c1-16(7-10-19-11-8-16)12-18-15-6-2-5-14-13(15)4-3-9-17-14/h2,5-6,17H,3-4,7-12H2,1H3. The lowest BCUT2D eigenvalue weighted by molar-refractivity contribution is 0.150. The maximum Gasteiger partial charge on any atom is 0.124 e. The second-order valence-corrected chi connectivity index (χ2v) is 7.25. The summed E-state index contributed by atoms with van der Waals surface area (Å²) in [4.78, 5) is 0. The third-order valence-electron chi connectivity index (χ3n) is 4.33. The molecule has 1 N–H and O–H groups in total. The van der Waals surface area contributed by atoms with Crippen LogP contribution in [0.15, 0.2) is 18.2 Å². The first kappa shape index (κ1) is 13.2. The van der Waals surface area contributed by atoms with E-state index in [2.05, 4.69) is 42.2 Å². The Balaban J connectivity index is 1.69. The van der Waals surface area contributed by atoms with E-state index < -0.39 is 0 Å². The lowest BCUT2D eigenvalue weighted by Gasteiger charge is -2.33. The Hall–Kier alpha value is -0.830. The van der Waals surface area contributed by atoms with E-state index in [1.807, 2.05) is 0 Å². The summed E-state index contributed by atoms with van der Waals surface area (Å²) in [5.41, 5.74) is 3.02. The van der Waals surface area contributed by atoms with Crippen LogP contribution in [0.5, 0.6) is 5.75 Å². The molecule has 0 saturated carbocycles. The average Bonchev–Trinajstić information content (AvgIpc) is 2.46. The van der Waals surface area contributed by atoms with Crippen molar-refractivity contribution in [3.63, 3.8) is 0 Å². The fourth-order valence-corrected chi connectivity index (χ4v) is 4.35. The second-order valence-electron chi connectivity index (χ2n) is 6.02. The van der Waals surface area contributed by atoms with Gasteiger partial charge in [0, 0.05) is 23.2 Å². The number of thioether (sulfide) groups is 1. The van der Waals surface area contributed by atoms with Crippen molar-refractivity contribution in [3.05, 3.63) is 23.8 Å². The van der Waals surface area contributed by atoms with Gasteiger partial charge >= 0.3 is 0 Å². The van der Waals surface area contributed by atoms with Gasteiger partial charge in [0.2, 0.25) is 0 Å². The summed E-state index contributed by atoms with van der Waals surface area (Å²) in [6.45, 7) is 4.33. The molecular weight excluding hydrogens is 254 g/mol. The monoisotopic (exact) mass is 277 g/mol. The smallest absolute Gasteiger partial charge is 0.124 e. The maximum atomic E-state index is 6.20. The number of rotatable bonds is 3. The fourth-order valence-electron chi connectivity index (χ4n) is 2.87. The number of benzene rings is 1. The molecule has 2 nitrogen and oxygen atoms in total. The van der Waals surface area contributed by atoms with Gasteiger partial charge in [-0.05, 0) is 49.3 Å². The first-order chi connectivity index (χ1) is 9.27. The third kappa shape index (κ3) is 3.02. The van der Waals surface area contributed by atoms with Crippen molar-refractivity contribution >= 4 is 17.4 Å². The molecule has 2 aliphatic rings. The van der Waals surface area contributed by atoms with Gasteiger partial charge in [-0.25, -0.2) is 0 Å². The molecule has 3 rings (SSSR count). The van der Waals surface area contributed by atoms with Gasteiger partial charge in [-0.15, -0.1) is 0 Å². The van der Waals surface area contributed by atoms with Gasteiger partial charge in [0.05, 0.1) is 6.61 Å². The quantitative estimate of drug-likeness (QED) is 0.903. The average molecular weight is 277 g/mol. The van der Waals surface area contributed by atoms with Gasteiger partial charge in [0.1, 0.15) is 5.75 Å². The SMILES string of the molecule is CC1(COc2cccc3c2CCCN3)CCSCC1. The molecule has 3 heteroatoms. The van der Waals surface area contributed by atoms with E-state index >= 15 is 0 Å². The molecule has 19 heavy (non-hydrogen) atoms. The molecule has 2 aliphatic heterocycles. The molecule has 1 aromatic carbocycles.